The highest BCUT2D eigenvalue weighted by Gasteiger charge is 2.37. The largest absolute Gasteiger partial charge is 0.495 e. The van der Waals surface area contributed by atoms with E-state index < -0.39 is 11.8 Å². The summed E-state index contributed by atoms with van der Waals surface area (Å²) < 4.78 is 11.3. The van der Waals surface area contributed by atoms with Gasteiger partial charge >= 0.3 is 0 Å². The van der Waals surface area contributed by atoms with Gasteiger partial charge < -0.3 is 25.1 Å². The van der Waals surface area contributed by atoms with Gasteiger partial charge in [0.15, 0.2) is 0 Å². The molecule has 0 spiro atoms. The lowest BCUT2D eigenvalue weighted by Crippen LogP contribution is -2.31. The second-order valence-corrected chi connectivity index (χ2v) is 10.2. The Morgan fingerprint density at radius 1 is 1.13 bits per heavy atom. The van der Waals surface area contributed by atoms with Crippen molar-refractivity contribution in [2.24, 2.45) is 0 Å². The number of allylic oxidation sites excluding steroid dienone is 2. The van der Waals surface area contributed by atoms with E-state index in [1.807, 2.05) is 13.0 Å². The van der Waals surface area contributed by atoms with Gasteiger partial charge in [-0.2, -0.15) is 5.26 Å². The Kier molecular flexibility index (Phi) is 8.69. The molecule has 200 valence electrons. The number of benzene rings is 2. The lowest BCUT2D eigenvalue weighted by atomic mass is 9.85. The predicted molar refractivity (Wildman–Crippen MR) is 154 cm³/mol. The number of aryl methyl sites for hydroxylation is 2. The number of furan rings is 1. The Balaban J connectivity index is 1.61. The summed E-state index contributed by atoms with van der Waals surface area (Å²) in [6.07, 6.45) is 0. The number of nitrogens with one attached hydrogen (secondary N) is 3. The second kappa shape index (κ2) is 12.2. The van der Waals surface area contributed by atoms with Gasteiger partial charge in [-0.15, -0.1) is 0 Å². The summed E-state index contributed by atoms with van der Waals surface area (Å²) in [5.74, 6) is 0.180. The van der Waals surface area contributed by atoms with E-state index in [2.05, 4.69) is 22.0 Å². The zero-order valence-corrected chi connectivity index (χ0v) is 23.4. The molecule has 8 nitrogen and oxygen atoms in total. The molecule has 0 bridgehead atoms. The molecule has 3 N–H and O–H groups in total. The Hall–Kier alpha value is -4.13. The van der Waals surface area contributed by atoms with Crippen molar-refractivity contribution in [3.05, 3.63) is 98.6 Å². The van der Waals surface area contributed by atoms with Crippen molar-refractivity contribution in [1.82, 2.24) is 5.32 Å². The average molecular weight is 563 g/mol. The van der Waals surface area contributed by atoms with E-state index in [1.54, 1.807) is 62.4 Å². The Morgan fingerprint density at radius 3 is 2.56 bits per heavy atom. The van der Waals surface area contributed by atoms with Crippen LogP contribution in [0.1, 0.15) is 29.9 Å². The normalized spacial score (nSPS) is 14.9. The van der Waals surface area contributed by atoms with Crippen LogP contribution in [0.4, 0.5) is 11.4 Å². The number of hydrogen-bond donors (Lipinski definition) is 3. The number of methoxy groups -OCH3 is 1. The lowest BCUT2D eigenvalue weighted by Gasteiger charge is -2.28. The molecule has 10 heteroatoms. The molecule has 1 aliphatic rings. The van der Waals surface area contributed by atoms with E-state index in [0.29, 0.717) is 50.0 Å². The van der Waals surface area contributed by atoms with Crippen molar-refractivity contribution in [1.29, 1.82) is 5.26 Å². The van der Waals surface area contributed by atoms with E-state index in [0.717, 1.165) is 5.56 Å². The van der Waals surface area contributed by atoms with Crippen molar-refractivity contribution < 1.29 is 18.7 Å². The Labute approximate surface area is 236 Å². The van der Waals surface area contributed by atoms with Gasteiger partial charge in [0.05, 0.1) is 46.7 Å². The zero-order chi connectivity index (χ0) is 28.1. The van der Waals surface area contributed by atoms with Crippen LogP contribution in [0, 0.1) is 25.2 Å². The van der Waals surface area contributed by atoms with Crippen LogP contribution >= 0.6 is 23.4 Å². The summed E-state index contributed by atoms with van der Waals surface area (Å²) in [5.41, 5.74) is 3.12. The number of nitriles is 1. The third kappa shape index (κ3) is 6.30. The molecule has 2 aromatic carbocycles. The van der Waals surface area contributed by atoms with Crippen molar-refractivity contribution in [3.8, 4) is 11.8 Å². The molecule has 3 aromatic rings. The maximum atomic E-state index is 13.6. The van der Waals surface area contributed by atoms with Crippen molar-refractivity contribution >= 4 is 46.6 Å². The monoisotopic (exact) mass is 562 g/mol. The number of nitrogens with zero attached hydrogens (tertiary/aromatic N) is 1. The minimum absolute atomic E-state index is 0.0267. The highest BCUT2D eigenvalue weighted by atomic mass is 35.5. The second-order valence-electron chi connectivity index (χ2n) is 8.85. The number of halogens is 1. The first-order chi connectivity index (χ1) is 18.7. The highest BCUT2D eigenvalue weighted by Crippen LogP contribution is 2.42. The molecule has 0 fully saturated rings. The number of amides is 2. The van der Waals surface area contributed by atoms with Gasteiger partial charge in [0.2, 0.25) is 5.91 Å². The number of hydrogen-bond acceptors (Lipinski definition) is 7. The summed E-state index contributed by atoms with van der Waals surface area (Å²) in [5, 5.41) is 20.1. The van der Waals surface area contributed by atoms with Crippen LogP contribution in [-0.2, 0) is 9.59 Å². The number of thioether (sulfide) groups is 1. The number of para-hydroxylation sites is 2. The first-order valence-corrected chi connectivity index (χ1v) is 13.4. The van der Waals surface area contributed by atoms with Gasteiger partial charge in [0.1, 0.15) is 17.3 Å². The minimum atomic E-state index is -0.777. The van der Waals surface area contributed by atoms with Gasteiger partial charge in [0.25, 0.3) is 5.91 Å². The maximum absolute atomic E-state index is 13.6. The summed E-state index contributed by atoms with van der Waals surface area (Å²) in [7, 11) is 1.52. The number of rotatable bonds is 8. The molecular weight excluding hydrogens is 536 g/mol. The Bertz CT molecular complexity index is 1540. The molecule has 0 radical (unpaired) electrons. The molecule has 1 aliphatic heterocycles. The van der Waals surface area contributed by atoms with Crippen LogP contribution in [0.25, 0.3) is 0 Å². The molecule has 2 amide bonds. The van der Waals surface area contributed by atoms with Crippen molar-refractivity contribution in [3.63, 3.8) is 0 Å². The fourth-order valence-electron chi connectivity index (χ4n) is 4.16. The topological polar surface area (TPSA) is 116 Å². The fraction of sp³-hybridized carbons (Fsp3) is 0.207. The molecule has 1 aromatic heterocycles. The first kappa shape index (κ1) is 27.9. The van der Waals surface area contributed by atoms with E-state index in [4.69, 9.17) is 20.8 Å². The van der Waals surface area contributed by atoms with E-state index >= 15 is 0 Å². The third-order valence-electron chi connectivity index (χ3n) is 6.10. The average Bonchev–Trinajstić information content (AvgIpc) is 3.35. The number of ether oxygens (including phenoxy) is 1. The SMILES string of the molecule is COc1ccccc1NC(=O)C1=C(C)NC(SCC(=O)Nc2ccc(C)c(Cl)c2)=C(C#N)[C@H]1c1ccc(C)o1. The van der Waals surface area contributed by atoms with Crippen molar-refractivity contribution in [2.75, 3.05) is 23.5 Å². The van der Waals surface area contributed by atoms with E-state index in [-0.39, 0.29) is 17.2 Å². The minimum Gasteiger partial charge on any atom is -0.495 e. The molecule has 1 atom stereocenters. The quantitative estimate of drug-likeness (QED) is 0.296. The number of carbonyl (C=O) groups is 2. The molecule has 4 rings (SSSR count). The van der Waals surface area contributed by atoms with Crippen LogP contribution in [0.2, 0.25) is 5.02 Å². The van der Waals surface area contributed by atoms with Crippen molar-refractivity contribution in [2.45, 2.75) is 26.7 Å². The fourth-order valence-corrected chi connectivity index (χ4v) is 5.24. The molecule has 2 heterocycles. The van der Waals surface area contributed by atoms with Gasteiger partial charge in [-0.25, -0.2) is 0 Å². The highest BCUT2D eigenvalue weighted by molar-refractivity contribution is 8.03. The lowest BCUT2D eigenvalue weighted by molar-refractivity contribution is -0.114. The molecule has 0 unspecified atom stereocenters. The number of carbonyl (C=O) groups excluding carboxylic acids is 2. The van der Waals surface area contributed by atoms with E-state index in [1.165, 1.54) is 18.9 Å². The van der Waals surface area contributed by atoms with E-state index in [9.17, 15) is 14.9 Å². The smallest absolute Gasteiger partial charge is 0.254 e. The van der Waals surface area contributed by atoms with Gasteiger partial charge in [0, 0.05) is 16.4 Å². The van der Waals surface area contributed by atoms with Crippen LogP contribution in [0.5, 0.6) is 5.75 Å². The molecule has 39 heavy (non-hydrogen) atoms. The number of dihydropyridines is 1. The standard InChI is InChI=1S/C29H27ClN4O4S/c1-16-9-11-19(13-21(16)30)33-25(35)15-39-29-20(14-31)27(24-12-10-17(2)38-24)26(18(3)32-29)28(36)34-22-7-5-6-8-23(22)37-4/h5-13,27,32H,15H2,1-4H3,(H,33,35)(H,34,36)/t27-/m0/s1. The molecular formula is C29H27ClN4O4S. The van der Waals surface area contributed by atoms with Crippen LogP contribution < -0.4 is 20.7 Å². The first-order valence-electron chi connectivity index (χ1n) is 12.0. The maximum Gasteiger partial charge on any atom is 0.254 e. The summed E-state index contributed by atoms with van der Waals surface area (Å²) in [4.78, 5) is 26.3. The molecule has 0 saturated heterocycles. The predicted octanol–water partition coefficient (Wildman–Crippen LogP) is 6.27. The van der Waals surface area contributed by atoms with Gasteiger partial charge in [-0.3, -0.25) is 9.59 Å². The molecule has 0 saturated carbocycles. The van der Waals surface area contributed by atoms with Crippen LogP contribution in [0.3, 0.4) is 0 Å². The summed E-state index contributed by atoms with van der Waals surface area (Å²) in [6, 6.07) is 18.1. The van der Waals surface area contributed by atoms with Crippen LogP contribution in [-0.4, -0.2) is 24.7 Å². The summed E-state index contributed by atoms with van der Waals surface area (Å²) in [6.45, 7) is 5.43. The third-order valence-corrected chi connectivity index (χ3v) is 7.52. The van der Waals surface area contributed by atoms with Gasteiger partial charge in [-0.05, 0) is 62.7 Å². The molecule has 0 aliphatic carbocycles. The Morgan fingerprint density at radius 2 is 1.90 bits per heavy atom. The zero-order valence-electron chi connectivity index (χ0n) is 21.8. The summed E-state index contributed by atoms with van der Waals surface area (Å²) >= 11 is 7.34. The van der Waals surface area contributed by atoms with Gasteiger partial charge in [-0.1, -0.05) is 41.6 Å². The van der Waals surface area contributed by atoms with Crippen LogP contribution in [0.15, 0.2) is 80.9 Å². The number of anilines is 2.